The molecule has 0 aliphatic carbocycles. The number of ether oxygens (including phenoxy) is 1. The monoisotopic (exact) mass is 440 g/mol. The number of amides is 2. The first-order valence-electron chi connectivity index (χ1n) is 10.9. The second kappa shape index (κ2) is 8.78. The van der Waals surface area contributed by atoms with Crippen LogP contribution in [0.1, 0.15) is 18.0 Å². The average Bonchev–Trinajstić information content (AvgIpc) is 3.33. The number of benzene rings is 3. The lowest BCUT2D eigenvalue weighted by Crippen LogP contribution is -2.33. The maximum absolute atomic E-state index is 13.4. The van der Waals surface area contributed by atoms with Crippen LogP contribution in [-0.4, -0.2) is 35.0 Å². The number of methoxy groups -OCH3 is 1. The molecule has 0 spiro atoms. The minimum atomic E-state index is -0.632. The van der Waals surface area contributed by atoms with E-state index in [1.54, 1.807) is 12.0 Å². The van der Waals surface area contributed by atoms with Gasteiger partial charge in [-0.25, -0.2) is 4.98 Å². The van der Waals surface area contributed by atoms with Gasteiger partial charge in [-0.05, 0) is 48.4 Å². The van der Waals surface area contributed by atoms with E-state index in [0.29, 0.717) is 24.6 Å². The average molecular weight is 441 g/mol. The molecule has 3 aromatic carbocycles. The largest absolute Gasteiger partial charge is 0.497 e. The van der Waals surface area contributed by atoms with Crippen molar-refractivity contribution in [3.8, 4) is 5.75 Å². The molecule has 33 heavy (non-hydrogen) atoms. The summed E-state index contributed by atoms with van der Waals surface area (Å²) >= 11 is 0. The summed E-state index contributed by atoms with van der Waals surface area (Å²) in [5.41, 5.74) is 3.46. The molecule has 0 bridgehead atoms. The van der Waals surface area contributed by atoms with Crippen LogP contribution >= 0.6 is 0 Å². The Hall–Kier alpha value is -4.13. The lowest BCUT2D eigenvalue weighted by atomic mass is 10.1. The predicted octanol–water partition coefficient (Wildman–Crippen LogP) is 4.20. The van der Waals surface area contributed by atoms with Crippen molar-refractivity contribution in [2.75, 3.05) is 23.9 Å². The first-order valence-corrected chi connectivity index (χ1v) is 10.9. The first-order chi connectivity index (χ1) is 16.1. The van der Waals surface area contributed by atoms with Crippen LogP contribution in [0.15, 0.2) is 78.9 Å². The number of rotatable bonds is 7. The van der Waals surface area contributed by atoms with Gasteiger partial charge in [0.2, 0.25) is 11.9 Å². The highest BCUT2D eigenvalue weighted by molar-refractivity contribution is 6.05. The van der Waals surface area contributed by atoms with Crippen molar-refractivity contribution in [1.29, 1.82) is 0 Å². The summed E-state index contributed by atoms with van der Waals surface area (Å²) in [5, 5.41) is 2.89. The number of nitrogens with zero attached hydrogens (tertiary/aromatic N) is 3. The molecule has 0 radical (unpaired) electrons. The number of carbonyl (C=O) groups excluding carboxylic acids is 2. The molecule has 1 N–H and O–H groups in total. The summed E-state index contributed by atoms with van der Waals surface area (Å²) in [7, 11) is 1.64. The smallest absolute Gasteiger partial charge is 0.253 e. The number of aromatic nitrogens is 2. The first kappa shape index (κ1) is 20.8. The molecule has 7 heteroatoms. The van der Waals surface area contributed by atoms with E-state index in [1.807, 2.05) is 83.4 Å². The third-order valence-electron chi connectivity index (χ3n) is 5.90. The summed E-state index contributed by atoms with van der Waals surface area (Å²) < 4.78 is 7.12. The van der Waals surface area contributed by atoms with Crippen LogP contribution in [0.5, 0.6) is 5.75 Å². The molecule has 1 aliphatic heterocycles. The van der Waals surface area contributed by atoms with Crippen molar-refractivity contribution in [2.45, 2.75) is 18.9 Å². The second-order valence-corrected chi connectivity index (χ2v) is 7.99. The van der Waals surface area contributed by atoms with Gasteiger partial charge in [-0.3, -0.25) is 19.1 Å². The molecule has 2 heterocycles. The van der Waals surface area contributed by atoms with Crippen LogP contribution in [0.2, 0.25) is 0 Å². The van der Waals surface area contributed by atoms with Gasteiger partial charge in [-0.15, -0.1) is 0 Å². The SMILES string of the molecule is COc1ccc(CCN2C(=O)C(CC(=O)Nc3ccccc3)n3c2nc2ccccc23)cc1. The maximum Gasteiger partial charge on any atom is 0.253 e. The number of nitrogens with one attached hydrogen (secondary N) is 1. The molecule has 0 saturated heterocycles. The quantitative estimate of drug-likeness (QED) is 0.467. The van der Waals surface area contributed by atoms with E-state index in [-0.39, 0.29) is 18.2 Å². The fourth-order valence-corrected chi connectivity index (χ4v) is 4.25. The molecular formula is C26H24N4O3. The fraction of sp³-hybridized carbons (Fsp3) is 0.192. The summed E-state index contributed by atoms with van der Waals surface area (Å²) in [4.78, 5) is 32.7. The van der Waals surface area contributed by atoms with Gasteiger partial charge in [0.05, 0.1) is 24.6 Å². The van der Waals surface area contributed by atoms with Crippen LogP contribution in [0.4, 0.5) is 11.6 Å². The Labute approximate surface area is 191 Å². The summed E-state index contributed by atoms with van der Waals surface area (Å²) in [6.45, 7) is 0.477. The minimum Gasteiger partial charge on any atom is -0.497 e. The summed E-state index contributed by atoms with van der Waals surface area (Å²) in [6.07, 6.45) is 0.710. The van der Waals surface area contributed by atoms with E-state index in [4.69, 9.17) is 9.72 Å². The molecule has 1 aliphatic rings. The van der Waals surface area contributed by atoms with E-state index in [2.05, 4.69) is 5.32 Å². The number of carbonyl (C=O) groups is 2. The molecule has 0 fully saturated rings. The zero-order valence-corrected chi connectivity index (χ0v) is 18.3. The van der Waals surface area contributed by atoms with Crippen molar-refractivity contribution in [2.24, 2.45) is 0 Å². The van der Waals surface area contributed by atoms with Gasteiger partial charge < -0.3 is 10.1 Å². The third-order valence-corrected chi connectivity index (χ3v) is 5.90. The summed E-state index contributed by atoms with van der Waals surface area (Å²) in [6, 6.07) is 24.1. The third kappa shape index (κ3) is 4.05. The van der Waals surface area contributed by atoms with E-state index >= 15 is 0 Å². The predicted molar refractivity (Wildman–Crippen MR) is 128 cm³/mol. The Morgan fingerprint density at radius 1 is 1.00 bits per heavy atom. The highest BCUT2D eigenvalue weighted by Gasteiger charge is 2.40. The zero-order chi connectivity index (χ0) is 22.8. The molecule has 5 rings (SSSR count). The molecule has 1 aromatic heterocycles. The highest BCUT2D eigenvalue weighted by atomic mass is 16.5. The van der Waals surface area contributed by atoms with Crippen LogP contribution in [0.25, 0.3) is 11.0 Å². The van der Waals surface area contributed by atoms with Gasteiger partial charge in [0.25, 0.3) is 5.91 Å². The van der Waals surface area contributed by atoms with E-state index < -0.39 is 6.04 Å². The number of fused-ring (bicyclic) bond motifs is 3. The number of imidazole rings is 1. The highest BCUT2D eigenvalue weighted by Crippen LogP contribution is 2.36. The van der Waals surface area contributed by atoms with Crippen LogP contribution in [-0.2, 0) is 16.0 Å². The lowest BCUT2D eigenvalue weighted by Gasteiger charge is -2.16. The summed E-state index contributed by atoms with van der Waals surface area (Å²) in [5.74, 6) is 1.06. The van der Waals surface area contributed by atoms with E-state index in [9.17, 15) is 9.59 Å². The van der Waals surface area contributed by atoms with Gasteiger partial charge in [-0.2, -0.15) is 0 Å². The molecule has 0 saturated carbocycles. The van der Waals surface area contributed by atoms with Gasteiger partial charge in [0.1, 0.15) is 11.8 Å². The van der Waals surface area contributed by atoms with Crippen molar-refractivity contribution in [1.82, 2.24) is 9.55 Å². The van der Waals surface area contributed by atoms with E-state index in [1.165, 1.54) is 0 Å². The maximum atomic E-state index is 13.4. The van der Waals surface area contributed by atoms with E-state index in [0.717, 1.165) is 22.3 Å². The lowest BCUT2D eigenvalue weighted by molar-refractivity contribution is -0.124. The molecule has 7 nitrogen and oxygen atoms in total. The molecule has 1 atom stereocenters. The number of para-hydroxylation sites is 3. The molecule has 2 amide bonds. The van der Waals surface area contributed by atoms with Crippen molar-refractivity contribution in [3.63, 3.8) is 0 Å². The van der Waals surface area contributed by atoms with Crippen molar-refractivity contribution < 1.29 is 14.3 Å². The van der Waals surface area contributed by atoms with Crippen molar-refractivity contribution >= 4 is 34.5 Å². The molecular weight excluding hydrogens is 416 g/mol. The second-order valence-electron chi connectivity index (χ2n) is 7.99. The number of hydrogen-bond donors (Lipinski definition) is 1. The van der Waals surface area contributed by atoms with Crippen LogP contribution in [0.3, 0.4) is 0 Å². The normalized spacial score (nSPS) is 15.0. The number of hydrogen-bond acceptors (Lipinski definition) is 4. The minimum absolute atomic E-state index is 0.0418. The standard InChI is InChI=1S/C26H24N4O3/c1-33-20-13-11-18(12-14-20)15-16-29-25(32)23(17-24(31)27-19-7-3-2-4-8-19)30-22-10-6-5-9-21(22)28-26(29)30/h2-14,23H,15-17H2,1H3,(H,27,31). The Morgan fingerprint density at radius 3 is 2.48 bits per heavy atom. The molecule has 1 unspecified atom stereocenters. The Bertz CT molecular complexity index is 1300. The van der Waals surface area contributed by atoms with Gasteiger partial charge >= 0.3 is 0 Å². The van der Waals surface area contributed by atoms with Gasteiger partial charge in [-0.1, -0.05) is 42.5 Å². The van der Waals surface area contributed by atoms with Crippen LogP contribution < -0.4 is 15.0 Å². The number of anilines is 2. The topological polar surface area (TPSA) is 76.5 Å². The Kier molecular flexibility index (Phi) is 5.52. The molecule has 166 valence electrons. The Balaban J connectivity index is 1.40. The van der Waals surface area contributed by atoms with Crippen molar-refractivity contribution in [3.05, 3.63) is 84.4 Å². The fourth-order valence-electron chi connectivity index (χ4n) is 4.25. The zero-order valence-electron chi connectivity index (χ0n) is 18.3. The Morgan fingerprint density at radius 2 is 1.73 bits per heavy atom. The molecule has 4 aromatic rings. The van der Waals surface area contributed by atoms with Gasteiger partial charge in [0, 0.05) is 12.2 Å². The van der Waals surface area contributed by atoms with Gasteiger partial charge in [0.15, 0.2) is 0 Å². The van der Waals surface area contributed by atoms with Crippen LogP contribution in [0, 0.1) is 0 Å².